The zero-order chi connectivity index (χ0) is 58.9. The van der Waals surface area contributed by atoms with Gasteiger partial charge in [0.15, 0.2) is 0 Å². The van der Waals surface area contributed by atoms with Crippen molar-refractivity contribution in [3.8, 4) is 0 Å². The number of benzene rings is 6. The van der Waals surface area contributed by atoms with Crippen LogP contribution in [0.3, 0.4) is 0 Å². The summed E-state index contributed by atoms with van der Waals surface area (Å²) >= 11 is 0. The molecule has 8 rings (SSSR count). The minimum atomic E-state index is -6.13. The Kier molecular flexibility index (Phi) is 14.8. The quantitative estimate of drug-likeness (QED) is 0.0495. The van der Waals surface area contributed by atoms with Crippen LogP contribution in [0.2, 0.25) is 0 Å². The molecule has 7 nitrogen and oxygen atoms in total. The van der Waals surface area contributed by atoms with Crippen LogP contribution in [0.1, 0.15) is 44.5 Å². The second-order valence-corrected chi connectivity index (χ2v) is 17.1. The predicted molar refractivity (Wildman–Crippen MR) is 236 cm³/mol. The van der Waals surface area contributed by atoms with Crippen molar-refractivity contribution in [2.75, 3.05) is 5.32 Å². The van der Waals surface area contributed by atoms with Crippen LogP contribution in [0, 0.1) is 0 Å². The normalized spacial score (nSPS) is 13.7. The molecule has 2 aromatic heterocycles. The number of nitrogens with one attached hydrogen (secondary N) is 4. The Morgan fingerprint density at radius 2 is 0.620 bits per heavy atom. The number of halogens is 24. The second-order valence-electron chi connectivity index (χ2n) is 17.1. The second kappa shape index (κ2) is 20.0. The van der Waals surface area contributed by atoms with Crippen molar-refractivity contribution in [2.24, 2.45) is 5.73 Å². The number of aromatic nitrogens is 4. The van der Waals surface area contributed by atoms with Gasteiger partial charge < -0.3 is 10.7 Å². The lowest BCUT2D eigenvalue weighted by molar-refractivity contribution is -0.364. The maximum Gasteiger partial charge on any atom is 0.416 e. The smallest absolute Gasteiger partial charge is 0.322 e. The van der Waals surface area contributed by atoms with E-state index in [0.29, 0.717) is 17.9 Å². The number of anilines is 1. The Balaban J connectivity index is 0.000000336. The average molecular weight is 1160 g/mol. The fraction of sp³-hybridized carbons (Fsp3) is 0.170. The van der Waals surface area contributed by atoms with Gasteiger partial charge in [-0.25, -0.2) is 15.3 Å². The fourth-order valence-corrected chi connectivity index (χ4v) is 8.38. The Morgan fingerprint density at radius 3 is 0.873 bits per heavy atom. The Bertz CT molecular complexity index is 3070. The minimum Gasteiger partial charge on any atom is -0.322 e. The van der Waals surface area contributed by atoms with Crippen LogP contribution in [0.5, 0.6) is 0 Å². The summed E-state index contributed by atoms with van der Waals surface area (Å²) in [6.45, 7) is 0. The molecule has 2 heterocycles. The van der Waals surface area contributed by atoms with Crippen molar-refractivity contribution in [1.82, 2.24) is 19.9 Å². The summed E-state index contributed by atoms with van der Waals surface area (Å²) in [4.78, 5) is 18.1. The molecular formula is C47H26BF24N7. The zero-order valence-corrected chi connectivity index (χ0v) is 38.2. The number of aromatic amines is 2. The van der Waals surface area contributed by atoms with E-state index in [1.165, 1.54) is 0 Å². The maximum absolute atomic E-state index is 14.2. The molecule has 0 atom stereocenters. The lowest BCUT2D eigenvalue weighted by Crippen LogP contribution is -2.75. The maximum atomic E-state index is 14.2. The van der Waals surface area contributed by atoms with Crippen molar-refractivity contribution in [3.63, 3.8) is 0 Å². The van der Waals surface area contributed by atoms with E-state index < -0.39 is 195 Å². The monoisotopic (exact) mass is 1160 g/mol. The van der Waals surface area contributed by atoms with Gasteiger partial charge >= 0.3 is 55.4 Å². The van der Waals surface area contributed by atoms with Crippen LogP contribution in [0.4, 0.5) is 117 Å². The highest BCUT2D eigenvalue weighted by atomic mass is 19.4. The molecule has 420 valence electrons. The standard InChI is InChI=1S/C32H12BF24.C15H13N7/c34-25(35,36)13-1-14(26(37,38)39)6-21(5-13)33(22-7-15(27(40,41)42)2-16(8-22)28(43,44)45,23-9-17(29(46,47)48)3-18(10-23)30(49,50)51)24-11-19(31(52,53)54)4-20(12-24)32(55,56)57;16-13(21-14-17-9-5-1-2-6-10(9)18-14)22-15-19-11-7-3-4-8-12(11)20-15/h1-12H;1-8H,(H5,16,17,18,19,20,21,22)/q-1;/p+1. The summed E-state index contributed by atoms with van der Waals surface area (Å²) < 4.78 is 341. The molecule has 0 saturated carbocycles. The van der Waals surface area contributed by atoms with E-state index in [-0.39, 0.29) is 0 Å². The summed E-state index contributed by atoms with van der Waals surface area (Å²) in [5.74, 6) is 1.47. The van der Waals surface area contributed by atoms with E-state index in [4.69, 9.17) is 5.73 Å². The van der Waals surface area contributed by atoms with Gasteiger partial charge in [-0.1, -0.05) is 72.8 Å². The van der Waals surface area contributed by atoms with Crippen LogP contribution in [-0.4, -0.2) is 32.0 Å². The third kappa shape index (κ3) is 12.9. The molecule has 6 aromatic carbocycles. The molecule has 0 aliphatic heterocycles. The topological polar surface area (TPSA) is 109 Å². The first-order valence-electron chi connectivity index (χ1n) is 21.5. The van der Waals surface area contributed by atoms with Crippen molar-refractivity contribution >= 4 is 67.9 Å². The van der Waals surface area contributed by atoms with Crippen LogP contribution < -0.4 is 37.9 Å². The van der Waals surface area contributed by atoms with Gasteiger partial charge in [0.1, 0.15) is 17.2 Å². The van der Waals surface area contributed by atoms with Gasteiger partial charge in [0, 0.05) is 0 Å². The van der Waals surface area contributed by atoms with Gasteiger partial charge in [-0.05, 0) is 48.5 Å². The highest BCUT2D eigenvalue weighted by Crippen LogP contribution is 2.41. The molecular weight excluding hydrogens is 1130 g/mol. The van der Waals surface area contributed by atoms with Gasteiger partial charge in [-0.3, -0.25) is 4.98 Å². The van der Waals surface area contributed by atoms with Gasteiger partial charge in [0.05, 0.1) is 55.5 Å². The number of hydrogen-bond donors (Lipinski definition) is 5. The Labute approximate surface area is 424 Å². The number of imidazole rings is 2. The molecule has 0 bridgehead atoms. The van der Waals surface area contributed by atoms with Gasteiger partial charge in [0.2, 0.25) is 5.95 Å². The lowest BCUT2D eigenvalue weighted by atomic mass is 9.12. The Hall–Kier alpha value is -8.09. The summed E-state index contributed by atoms with van der Waals surface area (Å²) in [6.07, 6.45) is -54.8. The molecule has 0 spiro atoms. The summed E-state index contributed by atoms with van der Waals surface area (Å²) in [6, 6.07) is 6.73. The molecule has 0 radical (unpaired) electrons. The molecule has 0 aliphatic rings. The number of nitrogens with two attached hydrogens (primary N) is 1. The molecule has 0 unspecified atom stereocenters. The summed E-state index contributed by atoms with van der Waals surface area (Å²) in [7, 11) is 0. The van der Waals surface area contributed by atoms with Crippen LogP contribution in [0.15, 0.2) is 121 Å². The number of para-hydroxylation sites is 4. The largest absolute Gasteiger partial charge is 0.416 e. The summed E-state index contributed by atoms with van der Waals surface area (Å²) in [5.41, 5.74) is -20.6. The first-order valence-corrected chi connectivity index (χ1v) is 21.5. The SMILES string of the molecule is FC(F)(F)c1cc([B-](c2cc(C(F)(F)F)cc(C(F)(F)F)c2)(c2cc(C(F)(F)F)cc(C(F)(F)F)c2)c2cc(C(F)(F)F)cc(C(F)(F)F)c2)cc(C(F)(F)F)c1.N/C(Nc1nc2ccccc2[nH]1)=[NH+]\c1nc2ccccc2[nH]1. The third-order valence-corrected chi connectivity index (χ3v) is 11.7. The Morgan fingerprint density at radius 1 is 0.367 bits per heavy atom. The number of hydrogen-bond acceptors (Lipinski definition) is 2. The molecule has 0 amide bonds. The zero-order valence-electron chi connectivity index (χ0n) is 38.2. The number of alkyl halides is 24. The lowest BCUT2D eigenvalue weighted by Gasteiger charge is -2.46. The van der Waals surface area contributed by atoms with E-state index in [2.05, 4.69) is 30.2 Å². The summed E-state index contributed by atoms with van der Waals surface area (Å²) in [5, 5.41) is 2.98. The molecule has 32 heteroatoms. The van der Waals surface area contributed by atoms with Gasteiger partial charge in [-0.2, -0.15) is 127 Å². The van der Waals surface area contributed by atoms with Crippen LogP contribution in [-0.2, 0) is 49.4 Å². The predicted octanol–water partition coefficient (Wildman–Crippen LogP) is 11.8. The highest BCUT2D eigenvalue weighted by molar-refractivity contribution is 7.20. The van der Waals surface area contributed by atoms with Crippen molar-refractivity contribution in [3.05, 3.63) is 166 Å². The van der Waals surface area contributed by atoms with E-state index >= 15 is 0 Å². The first kappa shape index (κ1) is 58.6. The average Bonchev–Trinajstić information content (AvgIpc) is 4.10. The molecule has 6 N–H and O–H groups in total. The van der Waals surface area contributed by atoms with Crippen LogP contribution in [0.25, 0.3) is 22.1 Å². The van der Waals surface area contributed by atoms with E-state index in [1.807, 2.05) is 48.5 Å². The fourth-order valence-electron chi connectivity index (χ4n) is 8.38. The van der Waals surface area contributed by atoms with E-state index in [9.17, 15) is 105 Å². The third-order valence-electron chi connectivity index (χ3n) is 11.7. The van der Waals surface area contributed by atoms with E-state index in [0.717, 1.165) is 22.1 Å². The highest BCUT2D eigenvalue weighted by Gasteiger charge is 2.47. The molecule has 79 heavy (non-hydrogen) atoms. The van der Waals surface area contributed by atoms with E-state index in [1.54, 1.807) is 0 Å². The number of rotatable bonds is 6. The van der Waals surface area contributed by atoms with Crippen molar-refractivity contribution in [2.45, 2.75) is 49.4 Å². The minimum absolute atomic E-state index is 0.332. The molecule has 0 fully saturated rings. The van der Waals surface area contributed by atoms with Gasteiger partial charge in [-0.15, -0.1) is 4.98 Å². The number of fused-ring (bicyclic) bond motifs is 2. The number of H-pyrrole nitrogens is 2. The molecule has 0 saturated heterocycles. The van der Waals surface area contributed by atoms with Crippen molar-refractivity contribution < 1.29 is 110 Å². The molecule has 0 aliphatic carbocycles. The van der Waals surface area contributed by atoms with Crippen molar-refractivity contribution in [1.29, 1.82) is 0 Å². The number of guanidine groups is 1. The molecule has 8 aromatic rings. The number of nitrogens with zero attached hydrogens (tertiary/aromatic N) is 2. The first-order chi connectivity index (χ1) is 36.0. The van der Waals surface area contributed by atoms with Crippen LogP contribution >= 0.6 is 0 Å². The van der Waals surface area contributed by atoms with Gasteiger partial charge in [0.25, 0.3) is 5.96 Å².